The van der Waals surface area contributed by atoms with E-state index in [1.54, 1.807) is 17.2 Å². The summed E-state index contributed by atoms with van der Waals surface area (Å²) in [6.07, 6.45) is 8.33. The predicted molar refractivity (Wildman–Crippen MR) is 196 cm³/mol. The highest BCUT2D eigenvalue weighted by Crippen LogP contribution is 2.31. The van der Waals surface area contributed by atoms with E-state index in [0.717, 1.165) is 95.9 Å². The first-order valence-corrected chi connectivity index (χ1v) is 18.4. The third-order valence-electron chi connectivity index (χ3n) is 10.7. The minimum atomic E-state index is -4.57. The molecule has 4 N–H and O–H groups in total. The van der Waals surface area contributed by atoms with Crippen LogP contribution in [0.3, 0.4) is 0 Å². The molecule has 4 aromatic heterocycles. The van der Waals surface area contributed by atoms with Crippen LogP contribution in [0, 0.1) is 23.5 Å². The molecule has 2 fully saturated rings. The number of aromatic amines is 2. The molecule has 2 saturated heterocycles. The maximum atomic E-state index is 13.4. The van der Waals surface area contributed by atoms with Gasteiger partial charge in [0.1, 0.15) is 11.6 Å². The normalized spacial score (nSPS) is 17.3. The minimum Gasteiger partial charge on any atom is -0.395 e. The van der Waals surface area contributed by atoms with Gasteiger partial charge in [-0.25, -0.2) is 8.78 Å². The number of nitrogens with zero attached hydrogens (tertiary/aromatic N) is 6. The molecule has 0 saturated carbocycles. The van der Waals surface area contributed by atoms with Gasteiger partial charge in [0, 0.05) is 95.0 Å². The summed E-state index contributed by atoms with van der Waals surface area (Å²) in [6.45, 7) is 5.40. The van der Waals surface area contributed by atoms with Crippen molar-refractivity contribution in [1.82, 2.24) is 39.3 Å². The molecule has 0 aliphatic carbocycles. The Kier molecular flexibility index (Phi) is 11.5. The fraction of sp³-hybridized carbons (Fsp3) is 0.436. The molecule has 6 aromatic rings. The second-order valence-corrected chi connectivity index (χ2v) is 14.5. The van der Waals surface area contributed by atoms with E-state index in [4.69, 9.17) is 5.11 Å². The molecule has 8 rings (SSSR count). The first-order chi connectivity index (χ1) is 26.0. The smallest absolute Gasteiger partial charge is 0.395 e. The third kappa shape index (κ3) is 9.03. The lowest BCUT2D eigenvalue weighted by Gasteiger charge is -2.33. The second kappa shape index (κ2) is 16.4. The SMILES string of the molecule is OC(CN1CCC(Cn2cc(-c3c[nH]c4cc(F)ccc34)cn2)CC1)C(F)(F)F.OCCN1CCC(Cn2cc(-c3c[nH]c4cc(F)ccc34)cn2)CC1. The van der Waals surface area contributed by atoms with Crippen molar-refractivity contribution in [3.8, 4) is 22.3 Å². The molecular weight excluding hydrogens is 707 g/mol. The van der Waals surface area contributed by atoms with Gasteiger partial charge in [-0.05, 0) is 100 Å². The Balaban J connectivity index is 0.000000168. The zero-order valence-corrected chi connectivity index (χ0v) is 29.8. The van der Waals surface area contributed by atoms with Crippen LogP contribution in [0.25, 0.3) is 44.1 Å². The molecule has 0 amide bonds. The van der Waals surface area contributed by atoms with Gasteiger partial charge < -0.3 is 30.0 Å². The highest BCUT2D eigenvalue weighted by atomic mass is 19.4. The van der Waals surface area contributed by atoms with Crippen molar-refractivity contribution in [3.63, 3.8) is 0 Å². The largest absolute Gasteiger partial charge is 0.415 e. The number of piperidine rings is 2. The van der Waals surface area contributed by atoms with Crippen LogP contribution >= 0.6 is 0 Å². The number of aromatic nitrogens is 6. The molecule has 15 heteroatoms. The Morgan fingerprint density at radius 1 is 0.722 bits per heavy atom. The van der Waals surface area contributed by atoms with E-state index in [1.165, 1.54) is 24.3 Å². The van der Waals surface area contributed by atoms with Gasteiger partial charge in [-0.3, -0.25) is 9.36 Å². The Labute approximate surface area is 309 Å². The Bertz CT molecular complexity index is 2120. The Hall–Kier alpha value is -4.57. The molecule has 6 heterocycles. The summed E-state index contributed by atoms with van der Waals surface area (Å²) in [5, 5.41) is 29.1. The van der Waals surface area contributed by atoms with Crippen LogP contribution in [-0.4, -0.2) is 108 Å². The third-order valence-corrected chi connectivity index (χ3v) is 10.7. The van der Waals surface area contributed by atoms with Crippen LogP contribution in [0.4, 0.5) is 22.0 Å². The molecule has 0 radical (unpaired) electrons. The first-order valence-electron chi connectivity index (χ1n) is 18.4. The van der Waals surface area contributed by atoms with Crippen LogP contribution in [-0.2, 0) is 13.1 Å². The number of aliphatic hydroxyl groups is 2. The fourth-order valence-electron chi connectivity index (χ4n) is 7.64. The number of rotatable bonds is 10. The van der Waals surface area contributed by atoms with Crippen LogP contribution in [0.15, 0.2) is 73.6 Å². The number of hydrogen-bond acceptors (Lipinski definition) is 6. The van der Waals surface area contributed by atoms with Gasteiger partial charge in [-0.1, -0.05) is 0 Å². The molecule has 1 unspecified atom stereocenters. The van der Waals surface area contributed by atoms with Crippen molar-refractivity contribution < 1.29 is 32.2 Å². The average molecular weight is 753 g/mol. The monoisotopic (exact) mass is 752 g/mol. The van der Waals surface area contributed by atoms with Crippen LogP contribution < -0.4 is 0 Å². The van der Waals surface area contributed by atoms with Crippen molar-refractivity contribution >= 4 is 21.8 Å². The molecule has 2 aliphatic rings. The number of fused-ring (bicyclic) bond motifs is 2. The van der Waals surface area contributed by atoms with Crippen LogP contribution in [0.1, 0.15) is 25.7 Å². The number of halogens is 5. The number of alkyl halides is 3. The zero-order chi connectivity index (χ0) is 37.8. The van der Waals surface area contributed by atoms with E-state index >= 15 is 0 Å². The Morgan fingerprint density at radius 2 is 1.19 bits per heavy atom. The molecule has 54 heavy (non-hydrogen) atoms. The van der Waals surface area contributed by atoms with E-state index in [1.807, 2.05) is 40.2 Å². The van der Waals surface area contributed by atoms with E-state index in [9.17, 15) is 27.1 Å². The Morgan fingerprint density at radius 3 is 1.63 bits per heavy atom. The first kappa shape index (κ1) is 37.7. The summed E-state index contributed by atoms with van der Waals surface area (Å²) in [6, 6.07) is 9.43. The standard InChI is InChI=1S/C20H22F4N4O.C19H23FN4O/c21-15-1-2-16-17(9-25-18(16)7-15)14-8-26-28(11-14)10-13-3-5-27(6-4-13)12-19(29)20(22,23)24;20-16-1-2-17-18(11-21-19(17)9-16)15-10-22-24(13-15)12-14-3-5-23(6-4-14)7-8-25/h1-2,7-9,11,13,19,25,29H,3-6,10,12H2;1-2,9-11,13-14,21,25H,3-8,12H2. The van der Waals surface area contributed by atoms with Gasteiger partial charge in [-0.2, -0.15) is 23.4 Å². The van der Waals surface area contributed by atoms with Crippen molar-refractivity contribution in [2.45, 2.75) is 51.1 Å². The number of likely N-dealkylation sites (tertiary alicyclic amines) is 2. The molecule has 0 spiro atoms. The summed E-state index contributed by atoms with van der Waals surface area (Å²) >= 11 is 0. The van der Waals surface area contributed by atoms with E-state index in [-0.39, 0.29) is 24.8 Å². The number of nitrogens with one attached hydrogen (secondary N) is 2. The van der Waals surface area contributed by atoms with Gasteiger partial charge in [0.15, 0.2) is 6.10 Å². The lowest BCUT2D eigenvalue weighted by molar-refractivity contribution is -0.208. The highest BCUT2D eigenvalue weighted by Gasteiger charge is 2.39. The summed E-state index contributed by atoms with van der Waals surface area (Å²) < 4.78 is 68.0. The molecule has 1 atom stereocenters. The number of β-amino-alcohol motifs (C(OH)–C–C–N with tert-alkyl or cyclic N) is 2. The molecule has 2 aromatic carbocycles. The maximum absolute atomic E-state index is 13.4. The minimum absolute atomic E-state index is 0.232. The van der Waals surface area contributed by atoms with Crippen LogP contribution in [0.5, 0.6) is 0 Å². The quantitative estimate of drug-likeness (QED) is 0.116. The van der Waals surface area contributed by atoms with Gasteiger partial charge >= 0.3 is 6.18 Å². The number of benzene rings is 2. The summed E-state index contributed by atoms with van der Waals surface area (Å²) in [4.78, 5) is 10.2. The molecule has 288 valence electrons. The van der Waals surface area contributed by atoms with E-state index in [0.29, 0.717) is 31.5 Å². The second-order valence-electron chi connectivity index (χ2n) is 14.5. The summed E-state index contributed by atoms with van der Waals surface area (Å²) in [7, 11) is 0. The lowest BCUT2D eigenvalue weighted by atomic mass is 9.96. The van der Waals surface area contributed by atoms with E-state index < -0.39 is 12.3 Å². The molecule has 10 nitrogen and oxygen atoms in total. The number of aliphatic hydroxyl groups excluding tert-OH is 2. The average Bonchev–Trinajstić information content (AvgIpc) is 3.96. The van der Waals surface area contributed by atoms with Crippen molar-refractivity contribution in [1.29, 1.82) is 0 Å². The van der Waals surface area contributed by atoms with Gasteiger partial charge in [0.25, 0.3) is 0 Å². The zero-order valence-electron chi connectivity index (χ0n) is 29.8. The van der Waals surface area contributed by atoms with Gasteiger partial charge in [-0.15, -0.1) is 0 Å². The number of H-pyrrole nitrogens is 2. The maximum Gasteiger partial charge on any atom is 0.415 e. The van der Waals surface area contributed by atoms with E-state index in [2.05, 4.69) is 31.3 Å². The lowest BCUT2D eigenvalue weighted by Crippen LogP contribution is -2.44. The van der Waals surface area contributed by atoms with Crippen molar-refractivity contribution in [2.24, 2.45) is 11.8 Å². The molecule has 2 aliphatic heterocycles. The molecular formula is C39H45F5N8O2. The number of hydrogen-bond donors (Lipinski definition) is 4. The van der Waals surface area contributed by atoms with Crippen molar-refractivity contribution in [2.75, 3.05) is 45.9 Å². The topological polar surface area (TPSA) is 114 Å². The molecule has 0 bridgehead atoms. The summed E-state index contributed by atoms with van der Waals surface area (Å²) in [5.41, 5.74) is 5.51. The predicted octanol–water partition coefficient (Wildman–Crippen LogP) is 6.68. The summed E-state index contributed by atoms with van der Waals surface area (Å²) in [5.74, 6) is 0.415. The van der Waals surface area contributed by atoms with Gasteiger partial charge in [0.2, 0.25) is 0 Å². The fourth-order valence-corrected chi connectivity index (χ4v) is 7.64. The van der Waals surface area contributed by atoms with Crippen molar-refractivity contribution in [3.05, 3.63) is 85.2 Å². The highest BCUT2D eigenvalue weighted by molar-refractivity contribution is 5.96. The van der Waals surface area contributed by atoms with Crippen LogP contribution in [0.2, 0.25) is 0 Å². The van der Waals surface area contributed by atoms with Gasteiger partial charge in [0.05, 0.1) is 19.0 Å².